The number of thiazole rings is 1. The molecule has 0 bridgehead atoms. The van der Waals surface area contributed by atoms with Gasteiger partial charge < -0.3 is 47.4 Å². The molecular formula is C28H45CuN7O7S. The first kappa shape index (κ1) is 39.6. The first-order chi connectivity index (χ1) is 20.2. The summed E-state index contributed by atoms with van der Waals surface area (Å²) in [6, 6.07) is 2.27. The molecule has 251 valence electrons. The van der Waals surface area contributed by atoms with E-state index in [2.05, 4.69) is 25.2 Å². The fourth-order valence-electron chi connectivity index (χ4n) is 8.28. The summed E-state index contributed by atoms with van der Waals surface area (Å²) in [7, 11) is 0. The van der Waals surface area contributed by atoms with Gasteiger partial charge in [0.05, 0.1) is 28.4 Å². The molecule has 1 radical (unpaired) electrons. The monoisotopic (exact) mass is 686 g/mol. The third kappa shape index (κ3) is 9.79. The molecule has 4 aliphatic rings. The molecule has 4 aliphatic carbocycles. The fourth-order valence-corrected chi connectivity index (χ4v) is 9.47. The van der Waals surface area contributed by atoms with Crippen LogP contribution in [0.3, 0.4) is 0 Å². The Labute approximate surface area is 273 Å². The molecule has 1 aromatic heterocycles. The van der Waals surface area contributed by atoms with Crippen LogP contribution in [0.15, 0.2) is 0 Å². The van der Waals surface area contributed by atoms with Crippen LogP contribution < -0.4 is 16.8 Å². The van der Waals surface area contributed by atoms with E-state index in [0.717, 1.165) is 54.6 Å². The van der Waals surface area contributed by atoms with Crippen molar-refractivity contribution in [3.8, 4) is 6.07 Å². The standard InChI is InChI=1S/C24H32N2OS.C4H13N3.Cu.2NO3/c1-14(27)15-6-9-23(2)16(12-15)4-5-17-18(23)7-10-24(3)19(17)13-20-22(24)26-21(28-20)8-11-25;5-1-3-7-4-2-6;;2*2-1(3)4/h15-19H,4-10,12-13H2,1-3H3;7H,1-6H2;;;/q;;+2;2*-1/t15-,16-,17+,18-,19-,23-,24-;;;;/m0..../s1. The minimum atomic E-state index is -1.75. The van der Waals surface area contributed by atoms with E-state index in [1.54, 1.807) is 18.3 Å². The van der Waals surface area contributed by atoms with Crippen molar-refractivity contribution in [1.29, 1.82) is 5.26 Å². The normalized spacial score (nSPS) is 30.6. The number of aromatic nitrogens is 1. The van der Waals surface area contributed by atoms with E-state index in [1.165, 1.54) is 49.1 Å². The second-order valence-electron chi connectivity index (χ2n) is 12.4. The quantitative estimate of drug-likeness (QED) is 0.168. The van der Waals surface area contributed by atoms with Gasteiger partial charge in [-0.2, -0.15) is 5.26 Å². The number of hydrogen-bond acceptors (Lipinski definition) is 13. The summed E-state index contributed by atoms with van der Waals surface area (Å²) in [5, 5.41) is 42.6. The van der Waals surface area contributed by atoms with Crippen LogP contribution in [0.2, 0.25) is 0 Å². The van der Waals surface area contributed by atoms with Crippen LogP contribution in [0.4, 0.5) is 0 Å². The van der Waals surface area contributed by atoms with Crippen LogP contribution in [0.25, 0.3) is 0 Å². The van der Waals surface area contributed by atoms with Crippen LogP contribution >= 0.6 is 11.3 Å². The van der Waals surface area contributed by atoms with Crippen LogP contribution in [-0.4, -0.2) is 47.1 Å². The zero-order valence-electron chi connectivity index (χ0n) is 25.6. The molecule has 5 N–H and O–H groups in total. The van der Waals surface area contributed by atoms with E-state index >= 15 is 0 Å². The molecule has 0 unspecified atom stereocenters. The van der Waals surface area contributed by atoms with Crippen molar-refractivity contribution in [1.82, 2.24) is 10.3 Å². The molecule has 16 heteroatoms. The number of hydrogen-bond donors (Lipinski definition) is 3. The number of nitrogens with two attached hydrogens (primary N) is 2. The van der Waals surface area contributed by atoms with E-state index in [1.807, 2.05) is 0 Å². The number of rotatable bonds is 6. The maximum Gasteiger partial charge on any atom is 2.00 e. The molecule has 3 fully saturated rings. The molecule has 7 atom stereocenters. The first-order valence-electron chi connectivity index (χ1n) is 14.8. The van der Waals surface area contributed by atoms with Gasteiger partial charge in [-0.05, 0) is 87.4 Å². The van der Waals surface area contributed by atoms with Gasteiger partial charge in [-0.25, -0.2) is 4.98 Å². The van der Waals surface area contributed by atoms with Crippen LogP contribution in [-0.2, 0) is 40.1 Å². The van der Waals surface area contributed by atoms with Gasteiger partial charge in [0.2, 0.25) is 0 Å². The molecule has 5 rings (SSSR count). The van der Waals surface area contributed by atoms with Crippen LogP contribution in [0.1, 0.15) is 81.3 Å². The maximum absolute atomic E-state index is 12.0. The Morgan fingerprint density at radius 3 is 2.16 bits per heavy atom. The molecule has 0 amide bonds. The number of nitriles is 1. The number of carbonyl (C=O) groups is 1. The molecule has 1 aromatic rings. The van der Waals surface area contributed by atoms with Gasteiger partial charge in [-0.15, -0.1) is 11.3 Å². The molecule has 0 spiro atoms. The number of nitrogens with zero attached hydrogens (tertiary/aromatic N) is 4. The van der Waals surface area contributed by atoms with Gasteiger partial charge in [0.1, 0.15) is 10.8 Å². The number of nitrogens with one attached hydrogen (secondary N) is 1. The van der Waals surface area contributed by atoms with Crippen molar-refractivity contribution >= 4 is 17.1 Å². The summed E-state index contributed by atoms with van der Waals surface area (Å²) in [5.41, 5.74) is 12.3. The topological polar surface area (TPSA) is 250 Å². The Kier molecular flexibility index (Phi) is 16.1. The third-order valence-corrected chi connectivity index (χ3v) is 11.3. The first-order valence-corrected chi connectivity index (χ1v) is 15.7. The van der Waals surface area contributed by atoms with Crippen LogP contribution in [0.5, 0.6) is 0 Å². The SMILES string of the molecule is CC(=O)[C@H]1CC[C@@]2(C)[C@@H](CC[C@@H]3[C@@H]2CC[C@]2(C)c4nc(CC#N)sc4C[C@@H]32)C1.NCCNCCN.O=[N+]([O-])[O-].O=[N+]([O-])[O-].[Cu+2]. The second kappa shape index (κ2) is 17.9. The van der Waals surface area contributed by atoms with Gasteiger partial charge in [-0.3, -0.25) is 4.79 Å². The minimum absolute atomic E-state index is 0. The minimum Gasteiger partial charge on any atom is -0.356 e. The second-order valence-corrected chi connectivity index (χ2v) is 13.6. The van der Waals surface area contributed by atoms with Crippen molar-refractivity contribution in [3.05, 3.63) is 46.2 Å². The smallest absolute Gasteiger partial charge is 0.356 e. The maximum atomic E-state index is 12.0. The zero-order valence-corrected chi connectivity index (χ0v) is 27.3. The molecule has 14 nitrogen and oxygen atoms in total. The summed E-state index contributed by atoms with van der Waals surface area (Å²) in [6.45, 7) is 9.97. The number of carbonyl (C=O) groups excluding carboxylic acids is 1. The van der Waals surface area contributed by atoms with E-state index in [9.17, 15) is 4.79 Å². The average Bonchev–Trinajstić information content (AvgIpc) is 3.44. The summed E-state index contributed by atoms with van der Waals surface area (Å²) in [6.07, 6.45) is 10.4. The number of Topliss-reactive ketones (excluding diaryl/α,β-unsaturated/α-hetero) is 1. The van der Waals surface area contributed by atoms with E-state index in [-0.39, 0.29) is 22.5 Å². The van der Waals surface area contributed by atoms with Crippen molar-refractivity contribution in [2.75, 3.05) is 26.2 Å². The molecule has 0 saturated heterocycles. The van der Waals surface area contributed by atoms with Gasteiger partial charge in [-0.1, -0.05) is 13.8 Å². The predicted molar refractivity (Wildman–Crippen MR) is 163 cm³/mol. The average molecular weight is 687 g/mol. The summed E-state index contributed by atoms with van der Waals surface area (Å²) in [4.78, 5) is 34.9. The Morgan fingerprint density at radius 2 is 1.64 bits per heavy atom. The molecule has 0 aromatic carbocycles. The van der Waals surface area contributed by atoms with Gasteiger partial charge in [0.15, 0.2) is 0 Å². The van der Waals surface area contributed by atoms with Crippen molar-refractivity contribution in [3.63, 3.8) is 0 Å². The van der Waals surface area contributed by atoms with Gasteiger partial charge in [0, 0.05) is 42.4 Å². The van der Waals surface area contributed by atoms with Crippen molar-refractivity contribution in [2.24, 2.45) is 46.5 Å². The largest absolute Gasteiger partial charge is 2.00 e. The summed E-state index contributed by atoms with van der Waals surface area (Å²) in [5.74, 6) is 3.86. The molecule has 3 saturated carbocycles. The molecule has 0 aliphatic heterocycles. The fraction of sp³-hybridized carbons (Fsp3) is 0.821. The number of ketones is 1. The molecule has 44 heavy (non-hydrogen) atoms. The van der Waals surface area contributed by atoms with Crippen molar-refractivity contribution in [2.45, 2.75) is 84.0 Å². The molecule has 1 heterocycles. The Bertz CT molecular complexity index is 1130. The predicted octanol–water partition coefficient (Wildman–Crippen LogP) is 3.48. The summed E-state index contributed by atoms with van der Waals surface area (Å²) >= 11 is 1.80. The van der Waals surface area contributed by atoms with E-state index < -0.39 is 10.2 Å². The molecular weight excluding hydrogens is 642 g/mol. The number of fused-ring (bicyclic) bond motifs is 7. The van der Waals surface area contributed by atoms with Crippen LogP contribution in [0, 0.1) is 77.0 Å². The Morgan fingerprint density at radius 1 is 1.05 bits per heavy atom. The third-order valence-electron chi connectivity index (χ3n) is 10.2. The summed E-state index contributed by atoms with van der Waals surface area (Å²) < 4.78 is 0. The van der Waals surface area contributed by atoms with Gasteiger partial charge >= 0.3 is 17.1 Å². The Hall–Kier alpha value is -2.41. The van der Waals surface area contributed by atoms with E-state index in [4.69, 9.17) is 52.4 Å². The van der Waals surface area contributed by atoms with Crippen molar-refractivity contribution < 1.29 is 32.0 Å². The Balaban J connectivity index is 0.000000509. The zero-order chi connectivity index (χ0) is 32.4. The van der Waals surface area contributed by atoms with E-state index in [0.29, 0.717) is 36.6 Å². The van der Waals surface area contributed by atoms with Gasteiger partial charge in [0.25, 0.3) is 0 Å².